The number of rotatable bonds is 6. The predicted octanol–water partition coefficient (Wildman–Crippen LogP) is 1.35. The van der Waals surface area contributed by atoms with E-state index < -0.39 is 12.2 Å². The van der Waals surface area contributed by atoms with Crippen molar-refractivity contribution in [3.63, 3.8) is 0 Å². The summed E-state index contributed by atoms with van der Waals surface area (Å²) >= 11 is 5.71. The Hall–Kier alpha value is -1.10. The summed E-state index contributed by atoms with van der Waals surface area (Å²) in [5.74, 6) is 0.212. The van der Waals surface area contributed by atoms with Crippen molar-refractivity contribution >= 4 is 17.5 Å². The molecular weight excluding hydrogens is 254 g/mol. The van der Waals surface area contributed by atoms with Gasteiger partial charge in [0.2, 0.25) is 5.91 Å². The molecule has 0 aromatic heterocycles. The summed E-state index contributed by atoms with van der Waals surface area (Å²) < 4.78 is 0. The van der Waals surface area contributed by atoms with Crippen LogP contribution in [0.4, 0.5) is 0 Å². The first-order chi connectivity index (χ1) is 8.54. The van der Waals surface area contributed by atoms with Gasteiger partial charge in [-0.1, -0.05) is 24.3 Å². The number of hydrogen-bond donors (Lipinski definition) is 3. The molecule has 1 amide bonds. The standard InChI is InChI=1S/C13H18ClNO3/c1-9(16)15-6-5-12(17)13(18)11-4-2-3-10(7-11)8-14/h2-4,7,12-13,17-18H,5-6,8H2,1H3,(H,15,16). The van der Waals surface area contributed by atoms with E-state index in [2.05, 4.69) is 5.32 Å². The van der Waals surface area contributed by atoms with E-state index in [0.717, 1.165) is 5.56 Å². The first kappa shape index (κ1) is 15.0. The summed E-state index contributed by atoms with van der Waals surface area (Å²) in [7, 11) is 0. The quantitative estimate of drug-likeness (QED) is 0.684. The van der Waals surface area contributed by atoms with Crippen LogP contribution >= 0.6 is 11.6 Å². The fourth-order valence-corrected chi connectivity index (χ4v) is 1.80. The monoisotopic (exact) mass is 271 g/mol. The van der Waals surface area contributed by atoms with E-state index in [-0.39, 0.29) is 5.91 Å². The van der Waals surface area contributed by atoms with Gasteiger partial charge in [0.1, 0.15) is 6.10 Å². The number of carbonyl (C=O) groups excluding carboxylic acids is 1. The molecule has 0 saturated carbocycles. The number of amides is 1. The van der Waals surface area contributed by atoms with Crippen molar-refractivity contribution in [2.75, 3.05) is 6.54 Å². The first-order valence-electron chi connectivity index (χ1n) is 5.80. The van der Waals surface area contributed by atoms with Gasteiger partial charge in [-0.25, -0.2) is 0 Å². The molecule has 0 aliphatic heterocycles. The molecule has 0 saturated heterocycles. The van der Waals surface area contributed by atoms with E-state index in [9.17, 15) is 15.0 Å². The third-order valence-electron chi connectivity index (χ3n) is 2.63. The molecule has 2 atom stereocenters. The second-order valence-electron chi connectivity index (χ2n) is 4.16. The molecule has 4 nitrogen and oxygen atoms in total. The van der Waals surface area contributed by atoms with Crippen LogP contribution in [0.3, 0.4) is 0 Å². The molecule has 2 unspecified atom stereocenters. The Bertz CT molecular complexity index is 398. The van der Waals surface area contributed by atoms with Crippen LogP contribution in [-0.2, 0) is 10.7 Å². The number of halogens is 1. The van der Waals surface area contributed by atoms with E-state index in [4.69, 9.17) is 11.6 Å². The molecule has 1 aromatic carbocycles. The van der Waals surface area contributed by atoms with Crippen LogP contribution in [0.5, 0.6) is 0 Å². The van der Waals surface area contributed by atoms with Gasteiger partial charge in [-0.05, 0) is 17.5 Å². The average molecular weight is 272 g/mol. The van der Waals surface area contributed by atoms with E-state index >= 15 is 0 Å². The van der Waals surface area contributed by atoms with Gasteiger partial charge in [-0.3, -0.25) is 4.79 Å². The number of aliphatic hydroxyl groups excluding tert-OH is 2. The number of hydrogen-bond acceptors (Lipinski definition) is 3. The van der Waals surface area contributed by atoms with Crippen molar-refractivity contribution in [1.82, 2.24) is 5.32 Å². The van der Waals surface area contributed by atoms with Gasteiger partial charge in [-0.2, -0.15) is 0 Å². The van der Waals surface area contributed by atoms with Crippen LogP contribution < -0.4 is 5.32 Å². The summed E-state index contributed by atoms with van der Waals surface area (Å²) in [5, 5.41) is 22.4. The topological polar surface area (TPSA) is 69.6 Å². The summed E-state index contributed by atoms with van der Waals surface area (Å²) in [5.41, 5.74) is 1.52. The molecule has 0 aliphatic carbocycles. The Morgan fingerprint density at radius 1 is 1.44 bits per heavy atom. The Labute approximate surface area is 112 Å². The van der Waals surface area contributed by atoms with Crippen molar-refractivity contribution in [3.05, 3.63) is 35.4 Å². The van der Waals surface area contributed by atoms with Gasteiger partial charge in [0.05, 0.1) is 6.10 Å². The molecule has 100 valence electrons. The van der Waals surface area contributed by atoms with Gasteiger partial charge in [0, 0.05) is 19.3 Å². The highest BCUT2D eigenvalue weighted by atomic mass is 35.5. The van der Waals surface area contributed by atoms with Crippen LogP contribution in [0.15, 0.2) is 24.3 Å². The fourth-order valence-electron chi connectivity index (χ4n) is 1.64. The van der Waals surface area contributed by atoms with Crippen LogP contribution in [0.1, 0.15) is 30.6 Å². The maximum atomic E-state index is 10.7. The normalized spacial score (nSPS) is 14.0. The Balaban J connectivity index is 2.56. The highest BCUT2D eigenvalue weighted by molar-refractivity contribution is 6.17. The third-order valence-corrected chi connectivity index (χ3v) is 2.93. The number of carbonyl (C=O) groups is 1. The summed E-state index contributed by atoms with van der Waals surface area (Å²) in [4.78, 5) is 10.7. The van der Waals surface area contributed by atoms with Crippen molar-refractivity contribution in [3.8, 4) is 0 Å². The lowest BCUT2D eigenvalue weighted by Gasteiger charge is -2.18. The summed E-state index contributed by atoms with van der Waals surface area (Å²) in [6.07, 6.45) is -1.59. The zero-order chi connectivity index (χ0) is 13.5. The molecule has 3 N–H and O–H groups in total. The Morgan fingerprint density at radius 3 is 2.78 bits per heavy atom. The molecule has 1 aromatic rings. The maximum Gasteiger partial charge on any atom is 0.216 e. The molecule has 1 rings (SSSR count). The smallest absolute Gasteiger partial charge is 0.216 e. The lowest BCUT2D eigenvalue weighted by Crippen LogP contribution is -2.27. The molecule has 0 fully saturated rings. The van der Waals surface area contributed by atoms with Crippen molar-refractivity contribution < 1.29 is 15.0 Å². The second-order valence-corrected chi connectivity index (χ2v) is 4.43. The zero-order valence-corrected chi connectivity index (χ0v) is 11.0. The third kappa shape index (κ3) is 4.64. The van der Waals surface area contributed by atoms with Crippen LogP contribution in [0.25, 0.3) is 0 Å². The molecule has 18 heavy (non-hydrogen) atoms. The van der Waals surface area contributed by atoms with Crippen molar-refractivity contribution in [1.29, 1.82) is 0 Å². The van der Waals surface area contributed by atoms with Gasteiger partial charge >= 0.3 is 0 Å². The Kier molecular flexibility index (Phi) is 6.12. The van der Waals surface area contributed by atoms with E-state index in [1.165, 1.54) is 6.92 Å². The fraction of sp³-hybridized carbons (Fsp3) is 0.462. The minimum atomic E-state index is -0.970. The number of benzene rings is 1. The number of nitrogens with one attached hydrogen (secondary N) is 1. The molecule has 0 heterocycles. The van der Waals surface area contributed by atoms with Crippen LogP contribution in [0, 0.1) is 0 Å². The largest absolute Gasteiger partial charge is 0.390 e. The second kappa shape index (κ2) is 7.36. The van der Waals surface area contributed by atoms with E-state index in [1.807, 2.05) is 6.07 Å². The zero-order valence-electron chi connectivity index (χ0n) is 10.3. The highest BCUT2D eigenvalue weighted by Gasteiger charge is 2.18. The molecular formula is C13H18ClNO3. The highest BCUT2D eigenvalue weighted by Crippen LogP contribution is 2.20. The van der Waals surface area contributed by atoms with Crippen LogP contribution in [-0.4, -0.2) is 28.8 Å². The van der Waals surface area contributed by atoms with Gasteiger partial charge in [-0.15, -0.1) is 11.6 Å². The lowest BCUT2D eigenvalue weighted by molar-refractivity contribution is -0.119. The summed E-state index contributed by atoms with van der Waals surface area (Å²) in [6.45, 7) is 1.75. The average Bonchev–Trinajstić information content (AvgIpc) is 2.37. The predicted molar refractivity (Wildman–Crippen MR) is 70.3 cm³/mol. The van der Waals surface area contributed by atoms with Crippen LogP contribution in [0.2, 0.25) is 0 Å². The van der Waals surface area contributed by atoms with Gasteiger partial charge < -0.3 is 15.5 Å². The molecule has 0 aliphatic rings. The van der Waals surface area contributed by atoms with Crippen molar-refractivity contribution in [2.45, 2.75) is 31.4 Å². The van der Waals surface area contributed by atoms with Gasteiger partial charge in [0.15, 0.2) is 0 Å². The van der Waals surface area contributed by atoms with Gasteiger partial charge in [0.25, 0.3) is 0 Å². The minimum Gasteiger partial charge on any atom is -0.390 e. The lowest BCUT2D eigenvalue weighted by atomic mass is 10.0. The first-order valence-corrected chi connectivity index (χ1v) is 6.33. The van der Waals surface area contributed by atoms with E-state index in [1.54, 1.807) is 18.2 Å². The number of aliphatic hydroxyl groups is 2. The molecule has 0 spiro atoms. The molecule has 0 radical (unpaired) electrons. The maximum absolute atomic E-state index is 10.7. The number of alkyl halides is 1. The van der Waals surface area contributed by atoms with E-state index in [0.29, 0.717) is 24.4 Å². The molecule has 5 heteroatoms. The summed E-state index contributed by atoms with van der Waals surface area (Å²) in [6, 6.07) is 7.14. The Morgan fingerprint density at radius 2 is 2.17 bits per heavy atom. The minimum absolute atomic E-state index is 0.152. The van der Waals surface area contributed by atoms with Crippen molar-refractivity contribution in [2.24, 2.45) is 0 Å². The molecule has 0 bridgehead atoms. The SMILES string of the molecule is CC(=O)NCCC(O)C(O)c1cccc(CCl)c1.